The Kier molecular flexibility index (Phi) is 3.45. The van der Waals surface area contributed by atoms with E-state index in [1.54, 1.807) is 12.4 Å². The van der Waals surface area contributed by atoms with Gasteiger partial charge in [-0.15, -0.1) is 0 Å². The number of anilines is 2. The molecule has 0 saturated heterocycles. The molecule has 0 bridgehead atoms. The van der Waals surface area contributed by atoms with Crippen LogP contribution in [0.5, 0.6) is 0 Å². The van der Waals surface area contributed by atoms with Crippen molar-refractivity contribution in [2.75, 3.05) is 24.2 Å². The van der Waals surface area contributed by atoms with Crippen molar-refractivity contribution < 1.29 is 0 Å². The topological polar surface area (TPSA) is 67.1 Å². The first-order valence-corrected chi connectivity index (χ1v) is 6.51. The monoisotopic (exact) mass is 268 g/mol. The van der Waals surface area contributed by atoms with E-state index in [1.165, 1.54) is 5.56 Å². The van der Waals surface area contributed by atoms with E-state index < -0.39 is 0 Å². The molecule has 0 spiro atoms. The molecule has 0 aliphatic carbocycles. The fourth-order valence-corrected chi connectivity index (χ4v) is 2.04. The molecule has 0 unspecified atom stereocenters. The SMILES string of the molecule is CNc1cn2ccnc2c(NCCc2cccnc2)n1. The molecule has 102 valence electrons. The van der Waals surface area contributed by atoms with Gasteiger partial charge in [0.05, 0.1) is 6.20 Å². The molecule has 20 heavy (non-hydrogen) atoms. The molecule has 6 heteroatoms. The van der Waals surface area contributed by atoms with Crippen LogP contribution >= 0.6 is 0 Å². The van der Waals surface area contributed by atoms with Crippen LogP contribution in [0.1, 0.15) is 5.56 Å². The molecule has 6 nitrogen and oxygen atoms in total. The van der Waals surface area contributed by atoms with Gasteiger partial charge < -0.3 is 15.0 Å². The van der Waals surface area contributed by atoms with Gasteiger partial charge in [-0.25, -0.2) is 9.97 Å². The largest absolute Gasteiger partial charge is 0.372 e. The summed E-state index contributed by atoms with van der Waals surface area (Å²) in [6.07, 6.45) is 10.1. The number of fused-ring (bicyclic) bond motifs is 1. The highest BCUT2D eigenvalue weighted by atomic mass is 15.1. The summed E-state index contributed by atoms with van der Waals surface area (Å²) in [5.41, 5.74) is 2.03. The van der Waals surface area contributed by atoms with Gasteiger partial charge in [0, 0.05) is 38.4 Å². The van der Waals surface area contributed by atoms with E-state index in [1.807, 2.05) is 36.1 Å². The van der Waals surface area contributed by atoms with Gasteiger partial charge in [-0.05, 0) is 18.1 Å². The molecule has 3 rings (SSSR count). The zero-order valence-corrected chi connectivity index (χ0v) is 11.2. The number of pyridine rings is 1. The standard InChI is InChI=1S/C14H16N6/c1-15-12-10-20-8-7-18-14(20)13(19-12)17-6-4-11-3-2-5-16-9-11/h2-3,5,7-10,15H,4,6H2,1H3,(H,17,19). The fraction of sp³-hybridized carbons (Fsp3) is 0.214. The molecular formula is C14H16N6. The van der Waals surface area contributed by atoms with Crippen LogP contribution < -0.4 is 10.6 Å². The zero-order valence-electron chi connectivity index (χ0n) is 11.2. The lowest BCUT2D eigenvalue weighted by Gasteiger charge is -2.09. The predicted octanol–water partition coefficient (Wildman–Crippen LogP) is 1.82. The number of hydrogen-bond donors (Lipinski definition) is 2. The number of imidazole rings is 1. The second-order valence-electron chi connectivity index (χ2n) is 4.42. The van der Waals surface area contributed by atoms with Crippen LogP contribution in [0.3, 0.4) is 0 Å². The van der Waals surface area contributed by atoms with E-state index >= 15 is 0 Å². The van der Waals surface area contributed by atoms with Crippen LogP contribution in [0.4, 0.5) is 11.6 Å². The normalized spacial score (nSPS) is 10.7. The van der Waals surface area contributed by atoms with Crippen molar-refractivity contribution >= 4 is 17.3 Å². The van der Waals surface area contributed by atoms with Gasteiger partial charge in [0.25, 0.3) is 0 Å². The molecule has 3 heterocycles. The summed E-state index contributed by atoms with van der Waals surface area (Å²) in [5, 5.41) is 6.38. The van der Waals surface area contributed by atoms with E-state index in [0.717, 1.165) is 30.2 Å². The summed E-state index contributed by atoms with van der Waals surface area (Å²) in [5.74, 6) is 1.59. The minimum absolute atomic E-state index is 0.783. The molecule has 2 N–H and O–H groups in total. The van der Waals surface area contributed by atoms with Crippen LogP contribution in [0, 0.1) is 0 Å². The third-order valence-corrected chi connectivity index (χ3v) is 3.06. The second kappa shape index (κ2) is 5.56. The van der Waals surface area contributed by atoms with E-state index in [2.05, 4.69) is 31.7 Å². The number of nitrogens with zero attached hydrogens (tertiary/aromatic N) is 4. The zero-order chi connectivity index (χ0) is 13.8. The molecule has 0 atom stereocenters. The van der Waals surface area contributed by atoms with Gasteiger partial charge in [-0.2, -0.15) is 0 Å². The maximum atomic E-state index is 4.50. The third-order valence-electron chi connectivity index (χ3n) is 3.06. The van der Waals surface area contributed by atoms with Gasteiger partial charge in [0.15, 0.2) is 11.5 Å². The smallest absolute Gasteiger partial charge is 0.180 e. The lowest BCUT2D eigenvalue weighted by atomic mass is 10.2. The molecule has 0 aromatic carbocycles. The van der Waals surface area contributed by atoms with Gasteiger partial charge in [-0.3, -0.25) is 4.98 Å². The maximum absolute atomic E-state index is 4.50. The highest BCUT2D eigenvalue weighted by Gasteiger charge is 2.06. The van der Waals surface area contributed by atoms with E-state index in [4.69, 9.17) is 0 Å². The number of nitrogens with one attached hydrogen (secondary N) is 2. The van der Waals surface area contributed by atoms with Crippen LogP contribution in [-0.2, 0) is 6.42 Å². The van der Waals surface area contributed by atoms with Crippen molar-refractivity contribution in [1.82, 2.24) is 19.4 Å². The van der Waals surface area contributed by atoms with Gasteiger partial charge in [0.2, 0.25) is 0 Å². The first-order valence-electron chi connectivity index (χ1n) is 6.51. The summed E-state index contributed by atoms with van der Waals surface area (Å²) in [4.78, 5) is 12.9. The van der Waals surface area contributed by atoms with Crippen LogP contribution in [-0.4, -0.2) is 32.9 Å². The number of hydrogen-bond acceptors (Lipinski definition) is 5. The average Bonchev–Trinajstić information content (AvgIpc) is 2.96. The summed E-state index contributed by atoms with van der Waals surface area (Å²) >= 11 is 0. The summed E-state index contributed by atoms with van der Waals surface area (Å²) in [6, 6.07) is 4.01. The van der Waals surface area contributed by atoms with Crippen molar-refractivity contribution in [2.45, 2.75) is 6.42 Å². The Morgan fingerprint density at radius 3 is 3.05 bits per heavy atom. The van der Waals surface area contributed by atoms with Crippen molar-refractivity contribution in [3.05, 3.63) is 48.7 Å². The molecule has 0 fully saturated rings. The lowest BCUT2D eigenvalue weighted by Crippen LogP contribution is -2.09. The summed E-state index contributed by atoms with van der Waals surface area (Å²) in [7, 11) is 1.85. The molecule has 0 saturated carbocycles. The lowest BCUT2D eigenvalue weighted by molar-refractivity contribution is 0.987. The molecule has 0 aliphatic rings. The number of rotatable bonds is 5. The van der Waals surface area contributed by atoms with E-state index in [9.17, 15) is 0 Å². The number of aromatic nitrogens is 4. The molecule has 0 amide bonds. The third kappa shape index (κ3) is 2.54. The Labute approximate surface area is 116 Å². The Balaban J connectivity index is 1.75. The molecule has 3 aromatic heterocycles. The molecule has 0 radical (unpaired) electrons. The fourth-order valence-electron chi connectivity index (χ4n) is 2.04. The van der Waals surface area contributed by atoms with Gasteiger partial charge in [0.1, 0.15) is 5.82 Å². The van der Waals surface area contributed by atoms with Crippen molar-refractivity contribution in [3.8, 4) is 0 Å². The quantitative estimate of drug-likeness (QED) is 0.739. The van der Waals surface area contributed by atoms with Gasteiger partial charge >= 0.3 is 0 Å². The van der Waals surface area contributed by atoms with E-state index in [0.29, 0.717) is 0 Å². The van der Waals surface area contributed by atoms with Crippen LogP contribution in [0.15, 0.2) is 43.1 Å². The summed E-state index contributed by atoms with van der Waals surface area (Å²) < 4.78 is 1.95. The minimum atomic E-state index is 0.783. The first-order chi connectivity index (χ1) is 9.86. The van der Waals surface area contributed by atoms with Crippen LogP contribution in [0.2, 0.25) is 0 Å². The summed E-state index contributed by atoms with van der Waals surface area (Å²) in [6.45, 7) is 0.786. The Morgan fingerprint density at radius 1 is 1.30 bits per heavy atom. The van der Waals surface area contributed by atoms with Gasteiger partial charge in [-0.1, -0.05) is 6.07 Å². The minimum Gasteiger partial charge on any atom is -0.372 e. The first kappa shape index (κ1) is 12.4. The van der Waals surface area contributed by atoms with E-state index in [-0.39, 0.29) is 0 Å². The predicted molar refractivity (Wildman–Crippen MR) is 79.0 cm³/mol. The highest BCUT2D eigenvalue weighted by Crippen LogP contribution is 2.15. The Morgan fingerprint density at radius 2 is 2.25 bits per heavy atom. The Bertz CT molecular complexity index is 691. The molecule has 0 aliphatic heterocycles. The molecule has 3 aromatic rings. The Hall–Kier alpha value is -2.63. The van der Waals surface area contributed by atoms with Crippen molar-refractivity contribution in [2.24, 2.45) is 0 Å². The maximum Gasteiger partial charge on any atom is 0.180 e. The second-order valence-corrected chi connectivity index (χ2v) is 4.42. The van der Waals surface area contributed by atoms with Crippen molar-refractivity contribution in [1.29, 1.82) is 0 Å². The van der Waals surface area contributed by atoms with Crippen LogP contribution in [0.25, 0.3) is 5.65 Å². The molecular weight excluding hydrogens is 252 g/mol. The average molecular weight is 268 g/mol. The highest BCUT2D eigenvalue weighted by molar-refractivity contribution is 5.65. The van der Waals surface area contributed by atoms with Crippen molar-refractivity contribution in [3.63, 3.8) is 0 Å².